The van der Waals surface area contributed by atoms with E-state index in [1.807, 2.05) is 0 Å². The van der Waals surface area contributed by atoms with Crippen molar-refractivity contribution >= 4 is 5.97 Å². The highest BCUT2D eigenvalue weighted by Gasteiger charge is 2.41. The van der Waals surface area contributed by atoms with Gasteiger partial charge in [0, 0.05) is 4.91 Å². The molecule has 0 saturated carbocycles. The van der Waals surface area contributed by atoms with Gasteiger partial charge in [-0.05, 0) is 11.6 Å². The minimum atomic E-state index is -1.57. The Kier molecular flexibility index (Phi) is 5.74. The lowest BCUT2D eigenvalue weighted by Crippen LogP contribution is -2.56. The van der Waals surface area contributed by atoms with Crippen molar-refractivity contribution in [2.45, 2.75) is 30.4 Å². The zero-order valence-corrected chi connectivity index (χ0v) is 10.7. The van der Waals surface area contributed by atoms with Gasteiger partial charge < -0.3 is 30.5 Å². The van der Waals surface area contributed by atoms with Crippen molar-refractivity contribution in [3.63, 3.8) is 0 Å². The highest BCUT2D eigenvalue weighted by atomic mass is 16.6. The van der Waals surface area contributed by atoms with Crippen molar-refractivity contribution in [3.05, 3.63) is 22.3 Å². The summed E-state index contributed by atoms with van der Waals surface area (Å²) in [6, 6.07) is -1.97. The molecule has 0 aromatic heterocycles. The first-order valence-electron chi connectivity index (χ1n) is 5.69. The van der Waals surface area contributed by atoms with Gasteiger partial charge in [0.25, 0.3) is 0 Å². The molecule has 5 atom stereocenters. The Morgan fingerprint density at radius 3 is 2.85 bits per heavy atom. The number of nitrogens with two attached hydrogens (primary N) is 1. The molecule has 112 valence electrons. The fourth-order valence-corrected chi connectivity index (χ4v) is 1.74. The number of ether oxygens (including phenoxy) is 2. The molecule has 5 N–H and O–H groups in total. The quantitative estimate of drug-likeness (QED) is 0.199. The van der Waals surface area contributed by atoms with Crippen LogP contribution in [0.2, 0.25) is 0 Å². The molecule has 10 nitrogen and oxygen atoms in total. The molecule has 1 aliphatic heterocycles. The number of azide groups is 1. The molecule has 0 fully saturated rings. The average Bonchev–Trinajstić information content (AvgIpc) is 2.47. The minimum Gasteiger partial charge on any atom is -0.479 e. The summed E-state index contributed by atoms with van der Waals surface area (Å²) >= 11 is 0. The van der Waals surface area contributed by atoms with Crippen molar-refractivity contribution in [1.29, 1.82) is 0 Å². The summed E-state index contributed by atoms with van der Waals surface area (Å²) in [4.78, 5) is 14.0. The van der Waals surface area contributed by atoms with Crippen molar-refractivity contribution in [1.82, 2.24) is 0 Å². The minimum absolute atomic E-state index is 0.291. The number of hydrogen-bond donors (Lipinski definition) is 4. The molecule has 1 aliphatic rings. The molecule has 10 heteroatoms. The molecule has 0 aromatic carbocycles. The van der Waals surface area contributed by atoms with Crippen LogP contribution in [0.25, 0.3) is 10.4 Å². The van der Waals surface area contributed by atoms with Gasteiger partial charge in [-0.1, -0.05) is 5.11 Å². The van der Waals surface area contributed by atoms with E-state index in [4.69, 9.17) is 21.1 Å². The second-order valence-electron chi connectivity index (χ2n) is 4.12. The first-order valence-corrected chi connectivity index (χ1v) is 5.69. The van der Waals surface area contributed by atoms with Crippen LogP contribution in [0.15, 0.2) is 16.9 Å². The van der Waals surface area contributed by atoms with Crippen LogP contribution >= 0.6 is 0 Å². The normalized spacial score (nSPS) is 28.4. The zero-order valence-electron chi connectivity index (χ0n) is 10.7. The molecular weight excluding hydrogens is 272 g/mol. The largest absolute Gasteiger partial charge is 0.479 e. The number of aliphatic hydroxyl groups is 3. The third kappa shape index (κ3) is 3.38. The number of aliphatic hydroxyl groups excluding tert-OH is 3. The van der Waals surface area contributed by atoms with E-state index < -0.39 is 43.0 Å². The lowest BCUT2D eigenvalue weighted by molar-refractivity contribution is -0.147. The standard InChI is InChI=1S/C10H16N4O6/c1-19-10(18)6-2-4(13-14-12)7(11)9(20-6)8(17)5(16)3-15/h2,4-5,7-9,15-17H,3,11H2,1H3/t4?,5?,7?,8?,9-/m1/s1. The predicted octanol–water partition coefficient (Wildman–Crippen LogP) is -1.84. The van der Waals surface area contributed by atoms with Crippen molar-refractivity contribution in [2.24, 2.45) is 10.8 Å². The van der Waals surface area contributed by atoms with E-state index in [-0.39, 0.29) is 5.76 Å². The van der Waals surface area contributed by atoms with E-state index >= 15 is 0 Å². The van der Waals surface area contributed by atoms with Crippen LogP contribution in [-0.4, -0.2) is 65.4 Å². The van der Waals surface area contributed by atoms with E-state index in [0.717, 1.165) is 7.11 Å². The number of carbonyl (C=O) groups excluding carboxylic acids is 1. The van der Waals surface area contributed by atoms with Crippen LogP contribution in [0.5, 0.6) is 0 Å². The van der Waals surface area contributed by atoms with Crippen molar-refractivity contribution < 1.29 is 29.6 Å². The predicted molar refractivity (Wildman–Crippen MR) is 65.0 cm³/mol. The molecule has 0 spiro atoms. The summed E-state index contributed by atoms with van der Waals surface area (Å²) in [5.74, 6) is -1.13. The van der Waals surface area contributed by atoms with E-state index in [2.05, 4.69) is 14.8 Å². The van der Waals surface area contributed by atoms with Crippen molar-refractivity contribution in [3.8, 4) is 0 Å². The zero-order chi connectivity index (χ0) is 15.3. The summed E-state index contributed by atoms with van der Waals surface area (Å²) < 4.78 is 9.63. The Balaban J connectivity index is 3.06. The van der Waals surface area contributed by atoms with E-state index in [1.54, 1.807) is 0 Å². The molecule has 0 saturated heterocycles. The van der Waals surface area contributed by atoms with Gasteiger partial charge in [0.1, 0.15) is 18.3 Å². The van der Waals surface area contributed by atoms with Gasteiger partial charge in [-0.25, -0.2) is 4.79 Å². The maximum Gasteiger partial charge on any atom is 0.372 e. The first-order chi connectivity index (χ1) is 9.46. The number of esters is 1. The Labute approximate surface area is 114 Å². The summed E-state index contributed by atoms with van der Waals surface area (Å²) in [6.07, 6.45) is -3.16. The number of carbonyl (C=O) groups is 1. The SMILES string of the molecule is COC(=O)C1=CC(N=[N+]=[N-])C(N)[C@H](C(O)C(O)CO)O1. The number of hydrogen-bond acceptors (Lipinski definition) is 8. The molecule has 0 bridgehead atoms. The van der Waals surface area contributed by atoms with Crippen LogP contribution in [0, 0.1) is 0 Å². The monoisotopic (exact) mass is 288 g/mol. The molecule has 4 unspecified atom stereocenters. The Morgan fingerprint density at radius 1 is 1.70 bits per heavy atom. The van der Waals surface area contributed by atoms with Gasteiger partial charge in [-0.15, -0.1) is 0 Å². The van der Waals surface area contributed by atoms with Crippen LogP contribution in [0.4, 0.5) is 0 Å². The third-order valence-electron chi connectivity index (χ3n) is 2.85. The lowest BCUT2D eigenvalue weighted by atomic mass is 9.93. The van der Waals surface area contributed by atoms with Gasteiger partial charge in [0.2, 0.25) is 5.76 Å². The Morgan fingerprint density at radius 2 is 2.35 bits per heavy atom. The molecule has 0 aromatic rings. The first kappa shape index (κ1) is 16.2. The fourth-order valence-electron chi connectivity index (χ4n) is 1.74. The van der Waals surface area contributed by atoms with E-state index in [9.17, 15) is 15.0 Å². The molecule has 0 amide bonds. The summed E-state index contributed by atoms with van der Waals surface area (Å²) in [5, 5.41) is 31.5. The average molecular weight is 288 g/mol. The fraction of sp³-hybridized carbons (Fsp3) is 0.700. The third-order valence-corrected chi connectivity index (χ3v) is 2.85. The molecule has 20 heavy (non-hydrogen) atoms. The van der Waals surface area contributed by atoms with Crippen LogP contribution < -0.4 is 5.73 Å². The summed E-state index contributed by atoms with van der Waals surface area (Å²) in [6.45, 7) is -0.725. The lowest BCUT2D eigenvalue weighted by Gasteiger charge is -2.36. The second-order valence-corrected chi connectivity index (χ2v) is 4.12. The molecular formula is C10H16N4O6. The number of rotatable bonds is 5. The van der Waals surface area contributed by atoms with Gasteiger partial charge in [0.15, 0.2) is 0 Å². The smallest absolute Gasteiger partial charge is 0.372 e. The van der Waals surface area contributed by atoms with Crippen LogP contribution in [0.3, 0.4) is 0 Å². The molecule has 1 heterocycles. The highest BCUT2D eigenvalue weighted by Crippen LogP contribution is 2.23. The molecule has 1 rings (SSSR count). The van der Waals surface area contributed by atoms with E-state index in [0.29, 0.717) is 0 Å². The van der Waals surface area contributed by atoms with E-state index in [1.165, 1.54) is 6.08 Å². The number of methoxy groups -OCH3 is 1. The van der Waals surface area contributed by atoms with Crippen molar-refractivity contribution in [2.75, 3.05) is 13.7 Å². The highest BCUT2D eigenvalue weighted by molar-refractivity contribution is 5.86. The number of nitrogens with zero attached hydrogens (tertiary/aromatic N) is 3. The topological polar surface area (TPSA) is 171 Å². The van der Waals surface area contributed by atoms with Gasteiger partial charge >= 0.3 is 5.97 Å². The Hall–Kier alpha value is -1.84. The summed E-state index contributed by atoms with van der Waals surface area (Å²) in [5.41, 5.74) is 14.2. The van der Waals surface area contributed by atoms with Crippen LogP contribution in [-0.2, 0) is 14.3 Å². The Bertz CT molecular complexity index is 435. The maximum atomic E-state index is 11.4. The van der Waals surface area contributed by atoms with Gasteiger partial charge in [-0.2, -0.15) is 0 Å². The maximum absolute atomic E-state index is 11.4. The summed E-state index contributed by atoms with van der Waals surface area (Å²) in [7, 11) is 1.12. The van der Waals surface area contributed by atoms with Gasteiger partial charge in [-0.3, -0.25) is 0 Å². The molecule has 0 radical (unpaired) electrons. The van der Waals surface area contributed by atoms with Crippen LogP contribution in [0.1, 0.15) is 0 Å². The molecule has 0 aliphatic carbocycles. The second kappa shape index (κ2) is 7.08. The van der Waals surface area contributed by atoms with Gasteiger partial charge in [0.05, 0.1) is 25.8 Å².